The number of hydrogen-bond acceptors (Lipinski definition) is 5. The van der Waals surface area contributed by atoms with Crippen molar-refractivity contribution in [2.75, 3.05) is 13.7 Å². The summed E-state index contributed by atoms with van der Waals surface area (Å²) in [6.45, 7) is 1.69. The van der Waals surface area contributed by atoms with Gasteiger partial charge in [-0.2, -0.15) is 5.10 Å². The molecule has 5 aromatic rings. The number of fused-ring (bicyclic) bond motifs is 4. The minimum absolute atomic E-state index is 0.0178. The highest BCUT2D eigenvalue weighted by molar-refractivity contribution is 6.00. The molecule has 204 valence electrons. The topological polar surface area (TPSA) is 107 Å². The van der Waals surface area contributed by atoms with Gasteiger partial charge in [-0.3, -0.25) is 9.89 Å². The molecule has 1 saturated heterocycles. The summed E-state index contributed by atoms with van der Waals surface area (Å²) >= 11 is 0. The first-order valence-corrected chi connectivity index (χ1v) is 14.2. The fourth-order valence-corrected chi connectivity index (χ4v) is 7.05. The van der Waals surface area contributed by atoms with Gasteiger partial charge in [-0.05, 0) is 67.9 Å². The Bertz CT molecular complexity index is 1780. The molecule has 2 aliphatic carbocycles. The minimum atomic E-state index is 0.0178. The zero-order chi connectivity index (χ0) is 27.1. The number of piperidine rings is 1. The van der Waals surface area contributed by atoms with Crippen molar-refractivity contribution in [2.24, 2.45) is 24.6 Å². The number of rotatable bonds is 6. The van der Waals surface area contributed by atoms with Crippen LogP contribution in [0.15, 0.2) is 48.7 Å². The van der Waals surface area contributed by atoms with Gasteiger partial charge in [-0.15, -0.1) is 0 Å². The molecule has 1 aliphatic heterocycles. The van der Waals surface area contributed by atoms with E-state index in [1.165, 1.54) is 23.7 Å². The highest BCUT2D eigenvalue weighted by atomic mass is 16.5. The van der Waals surface area contributed by atoms with Gasteiger partial charge in [0.25, 0.3) is 5.91 Å². The number of nitrogens with one attached hydrogen (secondary N) is 1. The maximum Gasteiger partial charge on any atom is 0.254 e. The van der Waals surface area contributed by atoms with E-state index in [2.05, 4.69) is 43.6 Å². The Morgan fingerprint density at radius 2 is 2.00 bits per heavy atom. The van der Waals surface area contributed by atoms with Crippen molar-refractivity contribution in [3.05, 3.63) is 54.2 Å². The van der Waals surface area contributed by atoms with Crippen LogP contribution in [0.5, 0.6) is 5.75 Å². The molecule has 2 aromatic carbocycles. The van der Waals surface area contributed by atoms with E-state index < -0.39 is 0 Å². The van der Waals surface area contributed by atoms with E-state index in [4.69, 9.17) is 15.5 Å². The first kappa shape index (κ1) is 23.7. The minimum Gasteiger partial charge on any atom is -0.494 e. The summed E-state index contributed by atoms with van der Waals surface area (Å²) in [6, 6.07) is 14.8. The number of ether oxygens (including phenoxy) is 1. The van der Waals surface area contributed by atoms with Crippen LogP contribution >= 0.6 is 0 Å². The fourth-order valence-electron chi connectivity index (χ4n) is 7.05. The zero-order valence-electron chi connectivity index (χ0n) is 22.8. The second-order valence-corrected chi connectivity index (χ2v) is 11.8. The van der Waals surface area contributed by atoms with Gasteiger partial charge in [0.2, 0.25) is 0 Å². The number of benzene rings is 2. The van der Waals surface area contributed by atoms with Crippen LogP contribution in [-0.4, -0.2) is 60.9 Å². The summed E-state index contributed by atoms with van der Waals surface area (Å²) in [7, 11) is 3.69. The Kier molecular flexibility index (Phi) is 5.16. The van der Waals surface area contributed by atoms with E-state index in [1.54, 1.807) is 13.3 Å². The summed E-state index contributed by atoms with van der Waals surface area (Å²) in [6.07, 6.45) is 6.38. The lowest BCUT2D eigenvalue weighted by Crippen LogP contribution is -2.41. The molecule has 1 amide bonds. The second-order valence-electron chi connectivity index (χ2n) is 11.8. The Morgan fingerprint density at radius 1 is 1.12 bits per heavy atom. The molecule has 0 unspecified atom stereocenters. The van der Waals surface area contributed by atoms with Gasteiger partial charge in [0.1, 0.15) is 11.3 Å². The SMILES string of the molecule is COc1cc(C(=O)N2C[C@H]3CC[C@@H]2[C@@H]3N)cc2nc(-c3cc4ccc(-c5ccn[nH]5)cc4n3CC3CC3)n(C)c12. The molecule has 9 nitrogen and oxygen atoms in total. The van der Waals surface area contributed by atoms with Gasteiger partial charge in [-0.25, -0.2) is 4.98 Å². The van der Waals surface area contributed by atoms with Crippen molar-refractivity contribution >= 4 is 27.8 Å². The molecule has 40 heavy (non-hydrogen) atoms. The number of H-pyrrole nitrogens is 1. The lowest BCUT2D eigenvalue weighted by molar-refractivity contribution is 0.0700. The smallest absolute Gasteiger partial charge is 0.254 e. The number of aromatic amines is 1. The Labute approximate surface area is 231 Å². The number of nitrogens with zero attached hydrogens (tertiary/aromatic N) is 5. The van der Waals surface area contributed by atoms with Crippen LogP contribution in [-0.2, 0) is 13.6 Å². The monoisotopic (exact) mass is 535 g/mol. The third-order valence-corrected chi connectivity index (χ3v) is 9.40. The molecule has 0 spiro atoms. The number of aromatic nitrogens is 5. The van der Waals surface area contributed by atoms with E-state index in [1.807, 2.05) is 30.1 Å². The molecule has 3 aliphatic rings. The summed E-state index contributed by atoms with van der Waals surface area (Å²) < 4.78 is 10.4. The van der Waals surface area contributed by atoms with Crippen LogP contribution in [0.4, 0.5) is 0 Å². The Hall–Kier alpha value is -4.11. The van der Waals surface area contributed by atoms with Crippen LogP contribution in [0.25, 0.3) is 44.7 Å². The van der Waals surface area contributed by atoms with E-state index in [0.717, 1.165) is 59.7 Å². The number of aryl methyl sites for hydroxylation is 1. The quantitative estimate of drug-likeness (QED) is 0.331. The van der Waals surface area contributed by atoms with E-state index >= 15 is 0 Å². The Balaban J connectivity index is 1.25. The van der Waals surface area contributed by atoms with E-state index in [9.17, 15) is 4.79 Å². The lowest BCUT2D eigenvalue weighted by atomic mass is 10.1. The van der Waals surface area contributed by atoms with E-state index in [-0.39, 0.29) is 18.0 Å². The Morgan fingerprint density at radius 3 is 2.70 bits per heavy atom. The predicted octanol–water partition coefficient (Wildman–Crippen LogP) is 4.57. The van der Waals surface area contributed by atoms with Gasteiger partial charge in [0.05, 0.1) is 24.0 Å². The van der Waals surface area contributed by atoms with Crippen molar-refractivity contribution in [2.45, 2.75) is 44.3 Å². The van der Waals surface area contributed by atoms with Crippen molar-refractivity contribution < 1.29 is 9.53 Å². The largest absolute Gasteiger partial charge is 0.494 e. The molecule has 4 heterocycles. The first-order chi connectivity index (χ1) is 19.5. The third kappa shape index (κ3) is 3.53. The average Bonchev–Trinajstić information content (AvgIpc) is 3.34. The molecule has 0 radical (unpaired) electrons. The van der Waals surface area contributed by atoms with E-state index in [0.29, 0.717) is 23.1 Å². The maximum atomic E-state index is 13.7. The highest BCUT2D eigenvalue weighted by Gasteiger charge is 2.47. The van der Waals surface area contributed by atoms with Gasteiger partial charge in [0.15, 0.2) is 5.82 Å². The van der Waals surface area contributed by atoms with Crippen LogP contribution in [0.1, 0.15) is 36.0 Å². The zero-order valence-corrected chi connectivity index (χ0v) is 22.8. The normalized spacial score (nSPS) is 22.2. The molecular formula is C31H33N7O2. The molecule has 3 fully saturated rings. The molecule has 9 heteroatoms. The summed E-state index contributed by atoms with van der Waals surface area (Å²) in [5, 5.41) is 8.40. The van der Waals surface area contributed by atoms with Gasteiger partial charge in [-0.1, -0.05) is 12.1 Å². The van der Waals surface area contributed by atoms with Crippen molar-refractivity contribution in [1.82, 2.24) is 29.2 Å². The number of likely N-dealkylation sites (tertiary alicyclic amines) is 1. The molecular weight excluding hydrogens is 502 g/mol. The lowest BCUT2D eigenvalue weighted by Gasteiger charge is -2.27. The van der Waals surface area contributed by atoms with Gasteiger partial charge >= 0.3 is 0 Å². The molecule has 8 rings (SSSR count). The summed E-state index contributed by atoms with van der Waals surface area (Å²) in [5.74, 6) is 2.62. The number of nitrogens with two attached hydrogens (primary N) is 1. The summed E-state index contributed by atoms with van der Waals surface area (Å²) in [5.41, 5.74) is 13.0. The predicted molar refractivity (Wildman–Crippen MR) is 154 cm³/mol. The number of amides is 1. The van der Waals surface area contributed by atoms with Crippen LogP contribution < -0.4 is 10.5 Å². The van der Waals surface area contributed by atoms with Gasteiger partial charge < -0.3 is 24.5 Å². The van der Waals surface area contributed by atoms with Gasteiger partial charge in [0, 0.05) is 60.4 Å². The molecule has 3 atom stereocenters. The highest BCUT2D eigenvalue weighted by Crippen LogP contribution is 2.40. The number of methoxy groups -OCH3 is 1. The third-order valence-electron chi connectivity index (χ3n) is 9.40. The van der Waals surface area contributed by atoms with Crippen LogP contribution in [0.2, 0.25) is 0 Å². The van der Waals surface area contributed by atoms with Crippen molar-refractivity contribution in [1.29, 1.82) is 0 Å². The number of imidazole rings is 1. The number of carbonyl (C=O) groups excluding carboxylic acids is 1. The van der Waals surface area contributed by atoms with Crippen LogP contribution in [0.3, 0.4) is 0 Å². The van der Waals surface area contributed by atoms with Crippen molar-refractivity contribution in [3.63, 3.8) is 0 Å². The molecule has 2 saturated carbocycles. The number of hydrogen-bond donors (Lipinski definition) is 2. The van der Waals surface area contributed by atoms with Crippen LogP contribution in [0, 0.1) is 11.8 Å². The molecule has 2 bridgehead atoms. The first-order valence-electron chi connectivity index (χ1n) is 14.2. The maximum absolute atomic E-state index is 13.7. The van der Waals surface area contributed by atoms with Crippen molar-refractivity contribution in [3.8, 4) is 28.5 Å². The molecule has 3 aromatic heterocycles. The second kappa shape index (κ2) is 8.69. The summed E-state index contributed by atoms with van der Waals surface area (Å²) in [4.78, 5) is 20.8. The standard InChI is InChI=1S/C31H33N7O2/c1-36-29-23(11-21(14-27(29)40-2)31(39)38-16-20-7-8-24(38)28(20)32)34-30(36)26-13-19-6-5-18(22-9-10-33-35-22)12-25(19)37(26)15-17-3-4-17/h5-6,9-14,17,20,24,28H,3-4,7-8,15-16,32H2,1-2H3,(H,33,35)/t20-,24-,28-/m1/s1. The number of carbonyl (C=O) groups is 1. The fraction of sp³-hybridized carbons (Fsp3) is 0.387. The molecule has 3 N–H and O–H groups in total. The average molecular weight is 536 g/mol.